The normalized spacial score (nSPS) is 19.1. The molecule has 0 N–H and O–H groups in total. The summed E-state index contributed by atoms with van der Waals surface area (Å²) < 4.78 is 0. The van der Waals surface area contributed by atoms with Gasteiger partial charge in [0.1, 0.15) is 0 Å². The Labute approximate surface area is 115 Å². The number of fused-ring (bicyclic) bond motifs is 1. The molecular formula is C17H23NO. The summed E-state index contributed by atoms with van der Waals surface area (Å²) in [4.78, 5) is 14.6. The maximum Gasteiger partial charge on any atom is 0.176 e. The zero-order chi connectivity index (χ0) is 13.2. The summed E-state index contributed by atoms with van der Waals surface area (Å²) >= 11 is 0. The number of ketones is 1. The number of nitrogens with zero attached hydrogens (tertiary/aromatic N) is 1. The monoisotopic (exact) mass is 257 g/mol. The van der Waals surface area contributed by atoms with Crippen LogP contribution in [0.1, 0.15) is 53.6 Å². The summed E-state index contributed by atoms with van der Waals surface area (Å²) in [5.74, 6) is 0.282. The van der Waals surface area contributed by atoms with E-state index in [1.165, 1.54) is 49.7 Å². The van der Waals surface area contributed by atoms with Gasteiger partial charge < -0.3 is 0 Å². The Morgan fingerprint density at radius 3 is 2.68 bits per heavy atom. The molecule has 3 rings (SSSR count). The summed E-state index contributed by atoms with van der Waals surface area (Å²) in [6.07, 6.45) is 8.74. The molecule has 0 radical (unpaired) electrons. The van der Waals surface area contributed by atoms with Crippen molar-refractivity contribution < 1.29 is 4.79 Å². The lowest BCUT2D eigenvalue weighted by Crippen LogP contribution is -2.34. The average Bonchev–Trinajstić information content (AvgIpc) is 3.09. The van der Waals surface area contributed by atoms with Gasteiger partial charge in [-0.3, -0.25) is 9.69 Å². The predicted molar refractivity (Wildman–Crippen MR) is 77.7 cm³/mol. The van der Waals surface area contributed by atoms with Crippen LogP contribution in [0.2, 0.25) is 0 Å². The van der Waals surface area contributed by atoms with E-state index >= 15 is 0 Å². The molecule has 1 fully saturated rings. The van der Waals surface area contributed by atoms with Crippen LogP contribution >= 0.6 is 0 Å². The molecule has 0 unspecified atom stereocenters. The van der Waals surface area contributed by atoms with Crippen LogP contribution in [0.15, 0.2) is 18.2 Å². The number of rotatable bonds is 4. The molecule has 2 nitrogen and oxygen atoms in total. The Hall–Kier alpha value is -1.15. The highest BCUT2D eigenvalue weighted by Crippen LogP contribution is 2.24. The predicted octanol–water partition coefficient (Wildman–Crippen LogP) is 3.23. The van der Waals surface area contributed by atoms with Crippen molar-refractivity contribution in [2.75, 3.05) is 13.6 Å². The molecule has 102 valence electrons. The lowest BCUT2D eigenvalue weighted by Gasteiger charge is -2.23. The minimum absolute atomic E-state index is 0.282. The first-order valence-electron chi connectivity index (χ1n) is 7.59. The van der Waals surface area contributed by atoms with Crippen molar-refractivity contribution in [1.82, 2.24) is 4.90 Å². The second-order valence-electron chi connectivity index (χ2n) is 6.11. The molecule has 2 aliphatic rings. The third-order valence-electron chi connectivity index (χ3n) is 4.76. The largest absolute Gasteiger partial charge is 0.296 e. The molecule has 0 heterocycles. The quantitative estimate of drug-likeness (QED) is 0.772. The van der Waals surface area contributed by atoms with Crippen molar-refractivity contribution in [1.29, 1.82) is 0 Å². The van der Waals surface area contributed by atoms with Gasteiger partial charge in [-0.25, -0.2) is 0 Å². The first kappa shape index (κ1) is 12.9. The van der Waals surface area contributed by atoms with E-state index in [0.717, 1.165) is 12.0 Å². The first-order valence-corrected chi connectivity index (χ1v) is 7.59. The molecule has 0 amide bonds. The van der Waals surface area contributed by atoms with Crippen molar-refractivity contribution >= 4 is 5.78 Å². The van der Waals surface area contributed by atoms with E-state index in [2.05, 4.69) is 24.1 Å². The number of Topliss-reactive ketones (excluding diaryl/α,β-unsaturated/α-hetero) is 1. The number of likely N-dealkylation sites (N-methyl/N-ethyl adjacent to an activating group) is 1. The number of carbonyl (C=O) groups excluding carboxylic acids is 1. The first-order chi connectivity index (χ1) is 9.24. The topological polar surface area (TPSA) is 20.3 Å². The minimum atomic E-state index is 0.282. The van der Waals surface area contributed by atoms with E-state index in [1.807, 2.05) is 6.07 Å². The Morgan fingerprint density at radius 1 is 1.16 bits per heavy atom. The van der Waals surface area contributed by atoms with Gasteiger partial charge in [0.25, 0.3) is 0 Å². The van der Waals surface area contributed by atoms with Gasteiger partial charge in [0, 0.05) is 11.6 Å². The van der Waals surface area contributed by atoms with Gasteiger partial charge in [0.15, 0.2) is 5.78 Å². The fraction of sp³-hybridized carbons (Fsp3) is 0.588. The van der Waals surface area contributed by atoms with E-state index in [9.17, 15) is 4.79 Å². The molecular weight excluding hydrogens is 234 g/mol. The van der Waals surface area contributed by atoms with Gasteiger partial charge in [-0.15, -0.1) is 0 Å². The summed E-state index contributed by atoms with van der Waals surface area (Å²) in [5, 5.41) is 0. The van der Waals surface area contributed by atoms with Crippen LogP contribution in [0, 0.1) is 0 Å². The molecule has 0 atom stereocenters. The fourth-order valence-electron chi connectivity index (χ4n) is 3.54. The molecule has 1 aromatic carbocycles. The zero-order valence-electron chi connectivity index (χ0n) is 11.8. The number of benzene rings is 1. The van der Waals surface area contributed by atoms with Crippen LogP contribution in [0.5, 0.6) is 0 Å². The van der Waals surface area contributed by atoms with Gasteiger partial charge in [-0.2, -0.15) is 0 Å². The molecule has 0 aromatic heterocycles. The Bertz CT molecular complexity index is 474. The van der Waals surface area contributed by atoms with Crippen LogP contribution in [-0.4, -0.2) is 30.3 Å². The number of aryl methyl sites for hydroxylation is 2. The summed E-state index contributed by atoms with van der Waals surface area (Å²) in [6, 6.07) is 6.94. The van der Waals surface area contributed by atoms with E-state index in [4.69, 9.17) is 0 Å². The van der Waals surface area contributed by atoms with E-state index in [-0.39, 0.29) is 5.78 Å². The second-order valence-corrected chi connectivity index (χ2v) is 6.11. The highest BCUT2D eigenvalue weighted by atomic mass is 16.1. The SMILES string of the molecule is CN(CC(=O)c1ccc2c(c1)CCC2)C1CCCC1. The second kappa shape index (κ2) is 5.46. The van der Waals surface area contributed by atoms with Gasteiger partial charge >= 0.3 is 0 Å². The third-order valence-corrected chi connectivity index (χ3v) is 4.76. The highest BCUT2D eigenvalue weighted by Gasteiger charge is 2.22. The number of carbonyl (C=O) groups is 1. The van der Waals surface area contributed by atoms with E-state index in [0.29, 0.717) is 12.6 Å². The van der Waals surface area contributed by atoms with E-state index in [1.54, 1.807) is 0 Å². The minimum Gasteiger partial charge on any atom is -0.296 e. The fourth-order valence-corrected chi connectivity index (χ4v) is 3.54. The summed E-state index contributed by atoms with van der Waals surface area (Å²) in [7, 11) is 2.10. The Balaban J connectivity index is 1.66. The molecule has 1 aromatic rings. The smallest absolute Gasteiger partial charge is 0.176 e. The average molecular weight is 257 g/mol. The van der Waals surface area contributed by atoms with Gasteiger partial charge in [0.05, 0.1) is 6.54 Å². The number of hydrogen-bond acceptors (Lipinski definition) is 2. The Morgan fingerprint density at radius 2 is 1.89 bits per heavy atom. The lowest BCUT2D eigenvalue weighted by molar-refractivity contribution is 0.0921. The van der Waals surface area contributed by atoms with Crippen molar-refractivity contribution in [2.45, 2.75) is 51.0 Å². The summed E-state index contributed by atoms with van der Waals surface area (Å²) in [5.41, 5.74) is 3.75. The van der Waals surface area contributed by atoms with Gasteiger partial charge in [0.2, 0.25) is 0 Å². The molecule has 0 aliphatic heterocycles. The summed E-state index contributed by atoms with van der Waals surface area (Å²) in [6.45, 7) is 0.573. The van der Waals surface area contributed by atoms with Crippen LogP contribution in [0.3, 0.4) is 0 Å². The van der Waals surface area contributed by atoms with Gasteiger partial charge in [-0.05, 0) is 56.3 Å². The number of hydrogen-bond donors (Lipinski definition) is 0. The highest BCUT2D eigenvalue weighted by molar-refractivity contribution is 5.97. The van der Waals surface area contributed by atoms with E-state index < -0.39 is 0 Å². The van der Waals surface area contributed by atoms with Crippen molar-refractivity contribution in [3.63, 3.8) is 0 Å². The van der Waals surface area contributed by atoms with Crippen molar-refractivity contribution in [3.8, 4) is 0 Å². The lowest BCUT2D eigenvalue weighted by atomic mass is 10.0. The molecule has 2 heteroatoms. The molecule has 2 aliphatic carbocycles. The van der Waals surface area contributed by atoms with Crippen LogP contribution in [0.25, 0.3) is 0 Å². The third kappa shape index (κ3) is 2.74. The van der Waals surface area contributed by atoms with Crippen LogP contribution in [-0.2, 0) is 12.8 Å². The molecule has 0 spiro atoms. The maximum absolute atomic E-state index is 12.4. The maximum atomic E-state index is 12.4. The molecule has 0 saturated heterocycles. The van der Waals surface area contributed by atoms with Crippen molar-refractivity contribution in [2.24, 2.45) is 0 Å². The van der Waals surface area contributed by atoms with Crippen LogP contribution in [0.4, 0.5) is 0 Å². The standard InChI is InChI=1S/C17H23NO/c1-18(16-7-2-3-8-16)12-17(19)15-10-9-13-5-4-6-14(13)11-15/h9-11,16H,2-8,12H2,1H3. The van der Waals surface area contributed by atoms with Crippen LogP contribution < -0.4 is 0 Å². The zero-order valence-corrected chi connectivity index (χ0v) is 11.8. The van der Waals surface area contributed by atoms with Gasteiger partial charge in [-0.1, -0.05) is 25.0 Å². The molecule has 0 bridgehead atoms. The molecule has 19 heavy (non-hydrogen) atoms. The Kier molecular flexibility index (Phi) is 3.69. The van der Waals surface area contributed by atoms with Crippen molar-refractivity contribution in [3.05, 3.63) is 34.9 Å². The molecule has 1 saturated carbocycles.